The van der Waals surface area contributed by atoms with Crippen LogP contribution in [-0.4, -0.2) is 12.8 Å². The summed E-state index contributed by atoms with van der Waals surface area (Å²) in [6, 6.07) is 3.72. The van der Waals surface area contributed by atoms with Crippen LogP contribution in [0.25, 0.3) is 0 Å². The van der Waals surface area contributed by atoms with Gasteiger partial charge in [-0.1, -0.05) is 0 Å². The highest BCUT2D eigenvalue weighted by atomic mass is 14.6. The summed E-state index contributed by atoms with van der Waals surface area (Å²) < 4.78 is 0. The molecular formula is C6H8BN2. The van der Waals surface area contributed by atoms with Crippen LogP contribution in [-0.2, 0) is 0 Å². The van der Waals surface area contributed by atoms with E-state index in [1.807, 2.05) is 12.1 Å². The molecule has 1 rings (SSSR count). The lowest BCUT2D eigenvalue weighted by atomic mass is 9.91. The summed E-state index contributed by atoms with van der Waals surface area (Å²) in [6.07, 6.45) is 3.42. The molecule has 0 aliphatic carbocycles. The number of aromatic nitrogens is 1. The Balaban J connectivity index is 2.85. The summed E-state index contributed by atoms with van der Waals surface area (Å²) in [5.74, 6) is -0.131. The van der Waals surface area contributed by atoms with Gasteiger partial charge in [0.2, 0.25) is 0 Å². The molecule has 1 aromatic heterocycles. The third kappa shape index (κ3) is 1.54. The lowest BCUT2D eigenvalue weighted by Crippen LogP contribution is -2.08. The van der Waals surface area contributed by atoms with Gasteiger partial charge in [-0.3, -0.25) is 4.98 Å². The molecular weight excluding hydrogens is 111 g/mol. The van der Waals surface area contributed by atoms with Crippen LogP contribution >= 0.6 is 0 Å². The van der Waals surface area contributed by atoms with Gasteiger partial charge in [0.25, 0.3) is 0 Å². The molecule has 0 spiro atoms. The summed E-state index contributed by atoms with van der Waals surface area (Å²) in [6.45, 7) is 0. The molecule has 1 aromatic rings. The van der Waals surface area contributed by atoms with Crippen molar-refractivity contribution in [2.45, 2.75) is 5.94 Å². The number of nitrogens with zero attached hydrogens (tertiary/aromatic N) is 1. The molecule has 0 saturated heterocycles. The topological polar surface area (TPSA) is 38.9 Å². The molecule has 0 aromatic carbocycles. The van der Waals surface area contributed by atoms with Gasteiger partial charge < -0.3 is 5.73 Å². The van der Waals surface area contributed by atoms with Crippen molar-refractivity contribution in [3.63, 3.8) is 0 Å². The minimum atomic E-state index is -0.131. The summed E-state index contributed by atoms with van der Waals surface area (Å²) in [5.41, 5.74) is 6.49. The van der Waals surface area contributed by atoms with E-state index in [0.29, 0.717) is 0 Å². The lowest BCUT2D eigenvalue weighted by molar-refractivity contribution is 1.01. The Hall–Kier alpha value is -0.825. The minimum absolute atomic E-state index is 0.131. The number of pyridine rings is 1. The molecule has 0 amide bonds. The Morgan fingerprint density at radius 1 is 1.44 bits per heavy atom. The number of hydrogen-bond donors (Lipinski definition) is 1. The molecule has 9 heavy (non-hydrogen) atoms. The van der Waals surface area contributed by atoms with Crippen LogP contribution < -0.4 is 5.73 Å². The predicted molar refractivity (Wildman–Crippen MR) is 38.3 cm³/mol. The Kier molecular flexibility index (Phi) is 1.85. The van der Waals surface area contributed by atoms with Crippen molar-refractivity contribution in [2.75, 3.05) is 0 Å². The monoisotopic (exact) mass is 119 g/mol. The van der Waals surface area contributed by atoms with Gasteiger partial charge in [0.1, 0.15) is 7.85 Å². The first-order chi connectivity index (χ1) is 4.30. The Bertz CT molecular complexity index is 174. The van der Waals surface area contributed by atoms with Crippen LogP contribution in [0.3, 0.4) is 0 Å². The standard InChI is InChI=1S/C6H8BN2/c7-6(8)5-1-3-9-4-2-5/h1-4,6-7H,8H2. The van der Waals surface area contributed by atoms with Crippen molar-refractivity contribution in [1.82, 2.24) is 4.98 Å². The maximum Gasteiger partial charge on any atom is 0.116 e. The zero-order valence-electron chi connectivity index (χ0n) is 5.12. The molecule has 0 aliphatic heterocycles. The third-order valence-electron chi connectivity index (χ3n) is 1.13. The Morgan fingerprint density at radius 3 is 2.33 bits per heavy atom. The van der Waals surface area contributed by atoms with Crippen LogP contribution in [0.2, 0.25) is 0 Å². The van der Waals surface area contributed by atoms with E-state index >= 15 is 0 Å². The fraction of sp³-hybridized carbons (Fsp3) is 0.167. The van der Waals surface area contributed by atoms with Crippen molar-refractivity contribution in [3.8, 4) is 0 Å². The van der Waals surface area contributed by atoms with Crippen LogP contribution in [0.5, 0.6) is 0 Å². The Morgan fingerprint density at radius 2 is 2.00 bits per heavy atom. The van der Waals surface area contributed by atoms with Crippen LogP contribution in [0.4, 0.5) is 0 Å². The molecule has 1 radical (unpaired) electrons. The maximum absolute atomic E-state index is 5.47. The van der Waals surface area contributed by atoms with Gasteiger partial charge in [-0.2, -0.15) is 0 Å². The fourth-order valence-corrected chi connectivity index (χ4v) is 0.611. The quantitative estimate of drug-likeness (QED) is 0.526. The highest BCUT2D eigenvalue weighted by molar-refractivity contribution is 6.11. The van der Waals surface area contributed by atoms with Gasteiger partial charge in [0.05, 0.1) is 0 Å². The smallest absolute Gasteiger partial charge is 0.116 e. The molecule has 0 saturated carbocycles. The fourth-order valence-electron chi connectivity index (χ4n) is 0.611. The van der Waals surface area contributed by atoms with Gasteiger partial charge in [-0.25, -0.2) is 0 Å². The third-order valence-corrected chi connectivity index (χ3v) is 1.13. The second-order valence-corrected chi connectivity index (χ2v) is 1.89. The second-order valence-electron chi connectivity index (χ2n) is 1.89. The highest BCUT2D eigenvalue weighted by Gasteiger charge is 1.94. The first-order valence-corrected chi connectivity index (χ1v) is 2.79. The van der Waals surface area contributed by atoms with Crippen molar-refractivity contribution >= 4 is 7.85 Å². The molecule has 3 heteroatoms. The maximum atomic E-state index is 5.47. The zero-order chi connectivity index (χ0) is 6.69. The van der Waals surface area contributed by atoms with Gasteiger partial charge >= 0.3 is 0 Å². The minimum Gasteiger partial charge on any atom is -0.332 e. The highest BCUT2D eigenvalue weighted by Crippen LogP contribution is 2.02. The van der Waals surface area contributed by atoms with Crippen molar-refractivity contribution in [3.05, 3.63) is 30.1 Å². The van der Waals surface area contributed by atoms with Gasteiger partial charge in [-0.05, 0) is 23.6 Å². The molecule has 1 heterocycles. The van der Waals surface area contributed by atoms with E-state index < -0.39 is 0 Å². The number of rotatable bonds is 1. The molecule has 1 unspecified atom stereocenters. The molecule has 0 bridgehead atoms. The van der Waals surface area contributed by atoms with E-state index in [2.05, 4.69) is 12.8 Å². The van der Waals surface area contributed by atoms with Crippen molar-refractivity contribution in [1.29, 1.82) is 0 Å². The summed E-state index contributed by atoms with van der Waals surface area (Å²) in [5, 5.41) is 0. The normalized spacial score (nSPS) is 13.0. The van der Waals surface area contributed by atoms with E-state index in [0.717, 1.165) is 5.56 Å². The van der Waals surface area contributed by atoms with Gasteiger partial charge in [0.15, 0.2) is 0 Å². The van der Waals surface area contributed by atoms with E-state index in [9.17, 15) is 0 Å². The largest absolute Gasteiger partial charge is 0.332 e. The van der Waals surface area contributed by atoms with Crippen molar-refractivity contribution < 1.29 is 0 Å². The number of nitrogens with two attached hydrogens (primary N) is 1. The number of hydrogen-bond acceptors (Lipinski definition) is 2. The average molecular weight is 119 g/mol. The molecule has 0 aliphatic rings. The van der Waals surface area contributed by atoms with E-state index in [1.165, 1.54) is 0 Å². The van der Waals surface area contributed by atoms with Crippen LogP contribution in [0.15, 0.2) is 24.5 Å². The van der Waals surface area contributed by atoms with E-state index in [4.69, 9.17) is 5.73 Å². The first-order valence-electron chi connectivity index (χ1n) is 2.79. The summed E-state index contributed by atoms with van der Waals surface area (Å²) >= 11 is 0. The van der Waals surface area contributed by atoms with Crippen LogP contribution in [0, 0.1) is 0 Å². The van der Waals surface area contributed by atoms with Gasteiger partial charge in [-0.15, -0.1) is 0 Å². The van der Waals surface area contributed by atoms with E-state index in [-0.39, 0.29) is 5.94 Å². The zero-order valence-corrected chi connectivity index (χ0v) is 5.12. The lowest BCUT2D eigenvalue weighted by Gasteiger charge is -2.01. The van der Waals surface area contributed by atoms with Gasteiger partial charge in [0, 0.05) is 12.4 Å². The molecule has 0 fully saturated rings. The molecule has 1 atom stereocenters. The molecule has 2 N–H and O–H groups in total. The van der Waals surface area contributed by atoms with Crippen LogP contribution in [0.1, 0.15) is 11.5 Å². The predicted octanol–water partition coefficient (Wildman–Crippen LogP) is -0.0603. The second kappa shape index (κ2) is 2.64. The summed E-state index contributed by atoms with van der Waals surface area (Å²) in [7, 11) is 3.66. The summed E-state index contributed by atoms with van der Waals surface area (Å²) in [4.78, 5) is 3.84. The van der Waals surface area contributed by atoms with E-state index in [1.54, 1.807) is 12.4 Å². The SMILES string of the molecule is [BH]C(N)c1ccncc1. The molecule has 45 valence electrons. The molecule has 2 nitrogen and oxygen atoms in total. The average Bonchev–Trinajstić information content (AvgIpc) is 1.90. The first kappa shape index (κ1) is 6.30. The van der Waals surface area contributed by atoms with Crippen molar-refractivity contribution in [2.24, 2.45) is 5.73 Å². The Labute approximate surface area is 55.5 Å².